The molecule has 56 heavy (non-hydrogen) atoms. The second-order valence-electron chi connectivity index (χ2n) is 13.2. The molecule has 0 saturated carbocycles. The van der Waals surface area contributed by atoms with Crippen LogP contribution in [0.5, 0.6) is 0 Å². The van der Waals surface area contributed by atoms with E-state index in [0.717, 1.165) is 39.0 Å². The Morgan fingerprint density at radius 1 is 0.625 bits per heavy atom. The van der Waals surface area contributed by atoms with Gasteiger partial charge in [0.2, 0.25) is 0 Å². The van der Waals surface area contributed by atoms with Crippen molar-refractivity contribution < 1.29 is 54.2 Å². The third-order valence-electron chi connectivity index (χ3n) is 9.16. The summed E-state index contributed by atoms with van der Waals surface area (Å²) in [6.45, 7) is 2.28. The van der Waals surface area contributed by atoms with Crippen LogP contribution in [0.25, 0.3) is 5.57 Å². The number of aliphatic hydroxyl groups is 1. The maximum Gasteiger partial charge on any atom is 2.00 e. The van der Waals surface area contributed by atoms with Crippen LogP contribution in [0.1, 0.15) is 39.8 Å². The van der Waals surface area contributed by atoms with Gasteiger partial charge in [-0.2, -0.15) is 6.07 Å². The zero-order valence-electron chi connectivity index (χ0n) is 31.1. The summed E-state index contributed by atoms with van der Waals surface area (Å²) >= 11 is 1.33. The van der Waals surface area contributed by atoms with Crippen LogP contribution >= 0.6 is 30.7 Å². The standard InChI is InChI=1S/C45H48O7P2S.W/c46-45(27-40(24-25-51-53)39-23-13-22-38(26-39)32-52-54)44(50-31-37-20-11-4-12-21-37)43(49-30-36-18-9-3-10-19-36)42(48-29-35-16-7-2-8-17-35)41(55-45)33-47-28-34-14-5-1-6-15-34;/h1-23,41-44,46H,24-25,28-33,53-54H2;/q-2;+2/t41-,42-,43+,44-,45+;/m1./s1. The molecule has 1 N–H and O–H groups in total. The van der Waals surface area contributed by atoms with Crippen molar-refractivity contribution in [2.24, 2.45) is 0 Å². The molecule has 1 aliphatic heterocycles. The summed E-state index contributed by atoms with van der Waals surface area (Å²) in [7, 11) is 4.60. The first-order chi connectivity index (χ1) is 27.0. The molecule has 2 unspecified atom stereocenters. The molecule has 1 aliphatic rings. The van der Waals surface area contributed by atoms with Crippen LogP contribution in [0.4, 0.5) is 0 Å². The van der Waals surface area contributed by atoms with Crippen molar-refractivity contribution in [3.63, 3.8) is 0 Å². The third kappa shape index (κ3) is 13.2. The minimum atomic E-state index is -1.72. The van der Waals surface area contributed by atoms with Gasteiger partial charge in [0, 0.05) is 25.5 Å². The molecule has 6 rings (SSSR count). The van der Waals surface area contributed by atoms with Crippen LogP contribution in [-0.4, -0.2) is 46.8 Å². The van der Waals surface area contributed by atoms with Crippen molar-refractivity contribution in [3.8, 4) is 0 Å². The van der Waals surface area contributed by atoms with Crippen molar-refractivity contribution in [1.29, 1.82) is 0 Å². The first-order valence-electron chi connectivity index (χ1n) is 18.3. The Morgan fingerprint density at radius 2 is 1.14 bits per heavy atom. The molecule has 0 spiro atoms. The van der Waals surface area contributed by atoms with E-state index >= 15 is 0 Å². The van der Waals surface area contributed by atoms with E-state index in [4.69, 9.17) is 28.0 Å². The fraction of sp³-hybridized carbons (Fsp3) is 0.289. The Labute approximate surface area is 354 Å². The van der Waals surface area contributed by atoms with Gasteiger partial charge in [0.15, 0.2) is 0 Å². The Kier molecular flexibility index (Phi) is 18.9. The summed E-state index contributed by atoms with van der Waals surface area (Å²) in [4.78, 5) is -1.72. The third-order valence-corrected chi connectivity index (χ3v) is 11.0. The molecular weight excluding hydrogens is 930 g/mol. The normalized spacial score (nSPS) is 21.0. The zero-order valence-corrected chi connectivity index (χ0v) is 37.2. The minimum Gasteiger partial charge on any atom is -0.392 e. The number of rotatable bonds is 20. The number of hydrogen-bond acceptors (Lipinski definition) is 8. The molecule has 7 atom stereocenters. The summed E-state index contributed by atoms with van der Waals surface area (Å²) in [6, 6.07) is 49.4. The molecular formula is C45H48O7P2SW. The Morgan fingerprint density at radius 3 is 1.68 bits per heavy atom. The monoisotopic (exact) mass is 978 g/mol. The molecule has 5 aromatic rings. The SMILES string of the molecule is O[C@@]1([C-]=C(CCOP)c2[c-]c(COP)ccc2)S[C@H](COCc2ccccc2)[C@@H](OCc2ccccc2)[C@H](OCc2ccccc2)[C@H]1OCc1ccccc1.[W+2]. The van der Waals surface area contributed by atoms with Gasteiger partial charge in [-0.25, -0.2) is 12.1 Å². The van der Waals surface area contributed by atoms with Crippen molar-refractivity contribution in [2.75, 3.05) is 13.2 Å². The van der Waals surface area contributed by atoms with Crippen LogP contribution in [-0.2, 0) is 82.1 Å². The molecule has 11 heteroatoms. The van der Waals surface area contributed by atoms with Crippen LogP contribution in [0, 0.1) is 12.1 Å². The van der Waals surface area contributed by atoms with Gasteiger partial charge in [-0.3, -0.25) is 11.6 Å². The molecule has 292 valence electrons. The molecule has 7 nitrogen and oxygen atoms in total. The van der Waals surface area contributed by atoms with Gasteiger partial charge in [-0.05, 0) is 22.3 Å². The molecule has 0 aliphatic carbocycles. The number of hydrogen-bond donors (Lipinski definition) is 1. The molecule has 0 aromatic heterocycles. The summed E-state index contributed by atoms with van der Waals surface area (Å²) in [5, 5.41) is 12.8. The average molecular weight is 979 g/mol. The van der Waals surface area contributed by atoms with Crippen LogP contribution in [0.15, 0.2) is 140 Å². The largest absolute Gasteiger partial charge is 2.00 e. The van der Waals surface area contributed by atoms with Gasteiger partial charge in [0.05, 0.1) is 49.8 Å². The van der Waals surface area contributed by atoms with Gasteiger partial charge in [-0.15, -0.1) is 23.4 Å². The van der Waals surface area contributed by atoms with E-state index in [-0.39, 0.29) is 46.1 Å². The summed E-state index contributed by atoms with van der Waals surface area (Å²) in [5.74, 6) is 0. The number of ether oxygens (including phenoxy) is 4. The van der Waals surface area contributed by atoms with Crippen molar-refractivity contribution in [1.82, 2.24) is 0 Å². The fourth-order valence-electron chi connectivity index (χ4n) is 6.46. The van der Waals surface area contributed by atoms with Crippen molar-refractivity contribution in [3.05, 3.63) is 185 Å². The quantitative estimate of drug-likeness (QED) is 0.0613. The number of thioether (sulfide) groups is 1. The molecule has 0 bridgehead atoms. The van der Waals surface area contributed by atoms with E-state index in [2.05, 4.69) is 31.1 Å². The van der Waals surface area contributed by atoms with Gasteiger partial charge in [0.25, 0.3) is 0 Å². The Bertz CT molecular complexity index is 1880. The van der Waals surface area contributed by atoms with E-state index in [9.17, 15) is 5.11 Å². The summed E-state index contributed by atoms with van der Waals surface area (Å²) < 4.78 is 37.8. The van der Waals surface area contributed by atoms with Crippen molar-refractivity contribution in [2.45, 2.75) is 68.0 Å². The molecule has 0 radical (unpaired) electrons. The Hall–Kier alpha value is -2.54. The first-order valence-corrected chi connectivity index (χ1v) is 20.1. The maximum atomic E-state index is 13.2. The first kappa shape index (κ1) is 44.6. The molecule has 1 heterocycles. The molecule has 0 amide bonds. The van der Waals surface area contributed by atoms with E-state index in [0.29, 0.717) is 32.8 Å². The van der Waals surface area contributed by atoms with Gasteiger partial charge in [-0.1, -0.05) is 128 Å². The fourth-order valence-corrected chi connectivity index (χ4v) is 8.27. The van der Waals surface area contributed by atoms with Gasteiger partial charge >= 0.3 is 21.1 Å². The van der Waals surface area contributed by atoms with Crippen LogP contribution in [0.2, 0.25) is 0 Å². The molecule has 1 saturated heterocycles. The predicted octanol–water partition coefficient (Wildman–Crippen LogP) is 8.95. The van der Waals surface area contributed by atoms with Gasteiger partial charge in [0.1, 0.15) is 18.3 Å². The molecule has 1 fully saturated rings. The second-order valence-corrected chi connectivity index (χ2v) is 15.3. The average Bonchev–Trinajstić information content (AvgIpc) is 3.22. The maximum absolute atomic E-state index is 13.2. The number of benzene rings is 5. The van der Waals surface area contributed by atoms with Gasteiger partial charge < -0.3 is 38.7 Å². The Balaban J connectivity index is 0.00000600. The van der Waals surface area contributed by atoms with E-state index in [1.165, 1.54) is 11.8 Å². The smallest absolute Gasteiger partial charge is 0.392 e. The summed E-state index contributed by atoms with van der Waals surface area (Å²) in [5.41, 5.74) is 6.40. The van der Waals surface area contributed by atoms with Crippen LogP contribution in [0.3, 0.4) is 0 Å². The van der Waals surface area contributed by atoms with E-state index in [1.807, 2.05) is 140 Å². The summed E-state index contributed by atoms with van der Waals surface area (Å²) in [6.07, 6.45) is 1.81. The van der Waals surface area contributed by atoms with E-state index in [1.54, 1.807) is 0 Å². The predicted molar refractivity (Wildman–Crippen MR) is 224 cm³/mol. The minimum absolute atomic E-state index is 0. The molecule has 5 aromatic carbocycles. The van der Waals surface area contributed by atoms with Crippen LogP contribution < -0.4 is 0 Å². The topological polar surface area (TPSA) is 75.6 Å². The second kappa shape index (κ2) is 23.8. The van der Waals surface area contributed by atoms with E-state index < -0.39 is 23.2 Å². The zero-order chi connectivity index (χ0) is 38.1. The van der Waals surface area contributed by atoms with Crippen molar-refractivity contribution >= 4 is 36.3 Å².